The van der Waals surface area contributed by atoms with Crippen LogP contribution in [0.4, 0.5) is 0 Å². The van der Waals surface area contributed by atoms with Gasteiger partial charge in [0.15, 0.2) is 17.8 Å². The number of benzene rings is 2. The molecule has 0 N–H and O–H groups in total. The van der Waals surface area contributed by atoms with Gasteiger partial charge in [0.05, 0.1) is 19.8 Å². The average Bonchev–Trinajstić information content (AvgIpc) is 2.52. The van der Waals surface area contributed by atoms with E-state index < -0.39 is 0 Å². The van der Waals surface area contributed by atoms with Crippen LogP contribution in [-0.2, 0) is 6.61 Å². The first-order chi connectivity index (χ1) is 10.2. The topological polar surface area (TPSA) is 44.8 Å². The van der Waals surface area contributed by atoms with Crippen LogP contribution in [0, 0.1) is 0 Å². The number of aldehydes is 1. The summed E-state index contributed by atoms with van der Waals surface area (Å²) in [6.45, 7) is 0.288. The molecule has 2 aromatic carbocycles. The van der Waals surface area contributed by atoms with Gasteiger partial charge >= 0.3 is 0 Å². The second-order valence-corrected chi connectivity index (χ2v) is 4.72. The zero-order chi connectivity index (χ0) is 15.2. The Morgan fingerprint density at radius 3 is 2.62 bits per heavy atom. The van der Waals surface area contributed by atoms with Crippen LogP contribution in [0.1, 0.15) is 15.9 Å². The lowest BCUT2D eigenvalue weighted by atomic mass is 10.2. The molecule has 0 atom stereocenters. The normalized spacial score (nSPS) is 10.0. The van der Waals surface area contributed by atoms with E-state index >= 15 is 0 Å². The predicted molar refractivity (Wildman–Crippen MR) is 80.7 cm³/mol. The molecule has 5 heteroatoms. The van der Waals surface area contributed by atoms with Gasteiger partial charge in [-0.1, -0.05) is 23.7 Å². The summed E-state index contributed by atoms with van der Waals surface area (Å²) in [7, 11) is 3.10. The maximum Gasteiger partial charge on any atom is 0.172 e. The lowest BCUT2D eigenvalue weighted by Gasteiger charge is -2.13. The molecule has 0 fully saturated rings. The Kier molecular flexibility index (Phi) is 5.06. The van der Waals surface area contributed by atoms with E-state index in [9.17, 15) is 4.79 Å². The van der Waals surface area contributed by atoms with Gasteiger partial charge in [-0.2, -0.15) is 0 Å². The molecule has 0 aromatic heterocycles. The molecule has 0 amide bonds. The van der Waals surface area contributed by atoms with Crippen molar-refractivity contribution < 1.29 is 19.0 Å². The van der Waals surface area contributed by atoms with Crippen LogP contribution in [0.2, 0.25) is 5.02 Å². The van der Waals surface area contributed by atoms with Crippen LogP contribution in [0.25, 0.3) is 0 Å². The lowest BCUT2D eigenvalue weighted by Crippen LogP contribution is -2.01. The third-order valence-electron chi connectivity index (χ3n) is 2.91. The maximum absolute atomic E-state index is 11.1. The molecule has 0 aliphatic rings. The van der Waals surface area contributed by atoms with Gasteiger partial charge in [-0.25, -0.2) is 0 Å². The zero-order valence-corrected chi connectivity index (χ0v) is 12.5. The van der Waals surface area contributed by atoms with Crippen LogP contribution in [-0.4, -0.2) is 20.5 Å². The highest BCUT2D eigenvalue weighted by atomic mass is 35.5. The average molecular weight is 307 g/mol. The van der Waals surface area contributed by atoms with Crippen molar-refractivity contribution in [1.82, 2.24) is 0 Å². The van der Waals surface area contributed by atoms with Crippen LogP contribution in [0.15, 0.2) is 36.4 Å². The molecule has 4 nitrogen and oxygen atoms in total. The second kappa shape index (κ2) is 6.99. The smallest absolute Gasteiger partial charge is 0.172 e. The molecular formula is C16H15ClO4. The molecule has 0 aliphatic heterocycles. The van der Waals surface area contributed by atoms with Crippen molar-refractivity contribution >= 4 is 17.9 Å². The van der Waals surface area contributed by atoms with E-state index in [1.807, 2.05) is 24.3 Å². The van der Waals surface area contributed by atoms with Crippen molar-refractivity contribution in [2.45, 2.75) is 6.61 Å². The van der Waals surface area contributed by atoms with Crippen molar-refractivity contribution in [2.24, 2.45) is 0 Å². The molecule has 0 radical (unpaired) electrons. The summed E-state index contributed by atoms with van der Waals surface area (Å²) in [6.07, 6.45) is 0.690. The van der Waals surface area contributed by atoms with Crippen LogP contribution in [0.5, 0.6) is 17.2 Å². The quantitative estimate of drug-likeness (QED) is 0.762. The van der Waals surface area contributed by atoms with Crippen molar-refractivity contribution in [3.63, 3.8) is 0 Å². The molecule has 110 valence electrons. The number of hydrogen-bond donors (Lipinski definition) is 0. The molecule has 2 rings (SSSR count). The summed E-state index contributed by atoms with van der Waals surface area (Å²) < 4.78 is 16.1. The van der Waals surface area contributed by atoms with E-state index in [0.717, 1.165) is 11.3 Å². The Morgan fingerprint density at radius 1 is 1.14 bits per heavy atom. The molecule has 2 aromatic rings. The largest absolute Gasteiger partial charge is 0.497 e. The van der Waals surface area contributed by atoms with E-state index in [4.69, 9.17) is 25.8 Å². The van der Waals surface area contributed by atoms with Gasteiger partial charge in [0.1, 0.15) is 12.4 Å². The SMILES string of the molecule is COc1cccc(COc2c(C=O)cc(Cl)cc2OC)c1. The molecule has 0 saturated heterocycles. The highest BCUT2D eigenvalue weighted by molar-refractivity contribution is 6.31. The number of ether oxygens (including phenoxy) is 3. The van der Waals surface area contributed by atoms with E-state index in [1.165, 1.54) is 13.2 Å². The molecule has 0 spiro atoms. The zero-order valence-electron chi connectivity index (χ0n) is 11.8. The summed E-state index contributed by atoms with van der Waals surface area (Å²) >= 11 is 5.93. The number of rotatable bonds is 6. The highest BCUT2D eigenvalue weighted by Crippen LogP contribution is 2.34. The summed E-state index contributed by atoms with van der Waals surface area (Å²) in [5, 5.41) is 0.419. The fraction of sp³-hybridized carbons (Fsp3) is 0.188. The van der Waals surface area contributed by atoms with Gasteiger partial charge < -0.3 is 14.2 Å². The molecule has 0 unspecified atom stereocenters. The summed E-state index contributed by atoms with van der Waals surface area (Å²) in [6, 6.07) is 10.6. The maximum atomic E-state index is 11.1. The van der Waals surface area contributed by atoms with Gasteiger partial charge in [-0.05, 0) is 23.8 Å². The fourth-order valence-corrected chi connectivity index (χ4v) is 2.12. The fourth-order valence-electron chi connectivity index (χ4n) is 1.90. The number of methoxy groups -OCH3 is 2. The van der Waals surface area contributed by atoms with Crippen LogP contribution < -0.4 is 14.2 Å². The lowest BCUT2D eigenvalue weighted by molar-refractivity contribution is 0.111. The minimum atomic E-state index is 0.288. The van der Waals surface area contributed by atoms with Crippen molar-refractivity contribution in [3.8, 4) is 17.2 Å². The summed E-state index contributed by atoms with van der Waals surface area (Å²) in [5.41, 5.74) is 1.27. The Morgan fingerprint density at radius 2 is 1.95 bits per heavy atom. The monoisotopic (exact) mass is 306 g/mol. The van der Waals surface area contributed by atoms with Crippen molar-refractivity contribution in [3.05, 3.63) is 52.5 Å². The summed E-state index contributed by atoms with van der Waals surface area (Å²) in [4.78, 5) is 11.1. The third-order valence-corrected chi connectivity index (χ3v) is 3.13. The molecule has 0 saturated carbocycles. The third kappa shape index (κ3) is 3.67. The molecule has 0 heterocycles. The van der Waals surface area contributed by atoms with E-state index in [-0.39, 0.29) is 6.61 Å². The minimum absolute atomic E-state index is 0.288. The Hall–Kier alpha value is -2.20. The van der Waals surface area contributed by atoms with Gasteiger partial charge in [-0.3, -0.25) is 4.79 Å². The Balaban J connectivity index is 2.24. The number of hydrogen-bond acceptors (Lipinski definition) is 4. The highest BCUT2D eigenvalue weighted by Gasteiger charge is 2.12. The van der Waals surface area contributed by atoms with Crippen molar-refractivity contribution in [1.29, 1.82) is 0 Å². The number of carbonyl (C=O) groups is 1. The first kappa shape index (κ1) is 15.2. The Labute approximate surface area is 128 Å². The van der Waals surface area contributed by atoms with Gasteiger partial charge in [0.25, 0.3) is 0 Å². The van der Waals surface area contributed by atoms with Crippen molar-refractivity contribution in [2.75, 3.05) is 14.2 Å². The minimum Gasteiger partial charge on any atom is -0.497 e. The van der Waals surface area contributed by atoms with E-state index in [0.29, 0.717) is 28.4 Å². The molecular weight excluding hydrogens is 292 g/mol. The van der Waals surface area contributed by atoms with Crippen LogP contribution >= 0.6 is 11.6 Å². The van der Waals surface area contributed by atoms with Crippen LogP contribution in [0.3, 0.4) is 0 Å². The van der Waals surface area contributed by atoms with Gasteiger partial charge in [-0.15, -0.1) is 0 Å². The molecule has 0 bridgehead atoms. The first-order valence-corrected chi connectivity index (χ1v) is 6.64. The molecule has 0 aliphatic carbocycles. The summed E-state index contributed by atoms with van der Waals surface area (Å²) in [5.74, 6) is 1.54. The second-order valence-electron chi connectivity index (χ2n) is 4.28. The van der Waals surface area contributed by atoms with E-state index in [1.54, 1.807) is 13.2 Å². The standard InChI is InChI=1S/C16H15ClO4/c1-19-14-5-3-4-11(6-14)10-21-16-12(9-18)7-13(17)8-15(16)20-2/h3-9H,10H2,1-2H3. The van der Waals surface area contributed by atoms with E-state index in [2.05, 4.69) is 0 Å². The van der Waals surface area contributed by atoms with Gasteiger partial charge in [0.2, 0.25) is 0 Å². The molecule has 21 heavy (non-hydrogen) atoms. The number of carbonyl (C=O) groups excluding carboxylic acids is 1. The first-order valence-electron chi connectivity index (χ1n) is 6.26. The Bertz CT molecular complexity index is 640. The van der Waals surface area contributed by atoms with Gasteiger partial charge in [0, 0.05) is 11.1 Å². The number of halogens is 1. The predicted octanol–water partition coefficient (Wildman–Crippen LogP) is 3.75.